The average Bonchev–Trinajstić information content (AvgIpc) is 2.16. The van der Waals surface area contributed by atoms with Gasteiger partial charge >= 0.3 is 0 Å². The lowest BCUT2D eigenvalue weighted by atomic mass is 10.3. The highest BCUT2D eigenvalue weighted by atomic mass is 79.9. The van der Waals surface area contributed by atoms with Crippen molar-refractivity contribution in [2.24, 2.45) is 0 Å². The third-order valence-electron chi connectivity index (χ3n) is 1.98. The molecule has 1 unspecified atom stereocenters. The smallest absolute Gasteiger partial charge is 0.0715 e. The number of nitrogens with one attached hydrogen (secondary N) is 1. The third kappa shape index (κ3) is 3.20. The Morgan fingerprint density at radius 1 is 1.57 bits per heavy atom. The fourth-order valence-corrected chi connectivity index (χ4v) is 1.55. The molecule has 0 aliphatic heterocycles. The molecule has 1 aromatic carbocycles. The van der Waals surface area contributed by atoms with Gasteiger partial charge in [-0.25, -0.2) is 0 Å². The number of anilines is 2. The molecule has 0 fully saturated rings. The first-order valence-corrected chi connectivity index (χ1v) is 5.24. The first-order valence-electron chi connectivity index (χ1n) is 4.45. The van der Waals surface area contributed by atoms with E-state index in [1.54, 1.807) is 7.11 Å². The summed E-state index contributed by atoms with van der Waals surface area (Å²) < 4.78 is 6.11. The zero-order valence-electron chi connectivity index (χ0n) is 8.38. The Kier molecular flexibility index (Phi) is 4.22. The van der Waals surface area contributed by atoms with Crippen LogP contribution in [0, 0.1) is 0 Å². The van der Waals surface area contributed by atoms with Crippen LogP contribution in [0.15, 0.2) is 22.7 Å². The van der Waals surface area contributed by atoms with Crippen LogP contribution in [0.25, 0.3) is 0 Å². The molecule has 0 amide bonds. The summed E-state index contributed by atoms with van der Waals surface area (Å²) in [5.41, 5.74) is 7.41. The van der Waals surface area contributed by atoms with E-state index >= 15 is 0 Å². The minimum atomic E-state index is 0.194. The second-order valence-corrected chi connectivity index (χ2v) is 4.02. The summed E-state index contributed by atoms with van der Waals surface area (Å²) in [5.74, 6) is 0. The maximum Gasteiger partial charge on any atom is 0.0715 e. The maximum absolute atomic E-state index is 5.63. The van der Waals surface area contributed by atoms with Gasteiger partial charge in [0.1, 0.15) is 0 Å². The lowest BCUT2D eigenvalue weighted by Crippen LogP contribution is -2.18. The van der Waals surface area contributed by atoms with Crippen LogP contribution in [0.5, 0.6) is 0 Å². The Morgan fingerprint density at radius 3 is 2.86 bits per heavy atom. The number of hydrogen-bond donors (Lipinski definition) is 2. The number of nitrogens with two attached hydrogens (primary N) is 1. The van der Waals surface area contributed by atoms with Crippen LogP contribution in [0.2, 0.25) is 0 Å². The van der Waals surface area contributed by atoms with Crippen LogP contribution >= 0.6 is 15.9 Å². The lowest BCUT2D eigenvalue weighted by Gasteiger charge is -2.13. The number of ether oxygens (including phenoxy) is 1. The van der Waals surface area contributed by atoms with Gasteiger partial charge in [0.25, 0.3) is 0 Å². The number of methoxy groups -OCH3 is 1. The average molecular weight is 259 g/mol. The normalized spacial score (nSPS) is 12.5. The van der Waals surface area contributed by atoms with Crippen LogP contribution in [0.4, 0.5) is 11.4 Å². The fraction of sp³-hybridized carbons (Fsp3) is 0.400. The molecule has 0 aliphatic rings. The Labute approximate surface area is 92.8 Å². The molecule has 1 aromatic rings. The molecule has 0 radical (unpaired) electrons. The van der Waals surface area contributed by atoms with E-state index in [9.17, 15) is 0 Å². The molecule has 78 valence electrons. The molecule has 14 heavy (non-hydrogen) atoms. The summed E-state index contributed by atoms with van der Waals surface area (Å²) in [5, 5.41) is 3.26. The number of hydrogen-bond acceptors (Lipinski definition) is 3. The molecular formula is C10H15BrN2O. The van der Waals surface area contributed by atoms with Crippen molar-refractivity contribution in [1.82, 2.24) is 0 Å². The third-order valence-corrected chi connectivity index (χ3v) is 2.63. The van der Waals surface area contributed by atoms with Crippen molar-refractivity contribution in [3.05, 3.63) is 22.7 Å². The SMILES string of the molecule is COC(C)CNc1ccc(N)cc1Br. The first-order chi connectivity index (χ1) is 6.63. The van der Waals surface area contributed by atoms with Crippen molar-refractivity contribution in [2.75, 3.05) is 24.7 Å². The number of benzene rings is 1. The highest BCUT2D eigenvalue weighted by Crippen LogP contribution is 2.24. The van der Waals surface area contributed by atoms with E-state index in [0.29, 0.717) is 0 Å². The summed E-state index contributed by atoms with van der Waals surface area (Å²) in [6, 6.07) is 5.69. The molecule has 0 saturated heterocycles. The van der Waals surface area contributed by atoms with Gasteiger partial charge in [0, 0.05) is 29.5 Å². The zero-order valence-corrected chi connectivity index (χ0v) is 9.97. The van der Waals surface area contributed by atoms with E-state index in [1.807, 2.05) is 25.1 Å². The molecule has 1 atom stereocenters. The minimum Gasteiger partial charge on any atom is -0.399 e. The standard InChI is InChI=1S/C10H15BrN2O/c1-7(14-2)6-13-10-4-3-8(12)5-9(10)11/h3-5,7,13H,6,12H2,1-2H3. The van der Waals surface area contributed by atoms with Crippen LogP contribution in [-0.4, -0.2) is 19.8 Å². The van der Waals surface area contributed by atoms with Crippen LogP contribution in [-0.2, 0) is 4.74 Å². The van der Waals surface area contributed by atoms with E-state index in [-0.39, 0.29) is 6.10 Å². The van der Waals surface area contributed by atoms with Crippen LogP contribution < -0.4 is 11.1 Å². The van der Waals surface area contributed by atoms with Gasteiger partial charge in [-0.2, -0.15) is 0 Å². The topological polar surface area (TPSA) is 47.3 Å². The molecule has 3 nitrogen and oxygen atoms in total. The highest BCUT2D eigenvalue weighted by Gasteiger charge is 2.02. The molecule has 0 aromatic heterocycles. The van der Waals surface area contributed by atoms with E-state index in [0.717, 1.165) is 22.4 Å². The molecular weight excluding hydrogens is 244 g/mol. The molecule has 3 N–H and O–H groups in total. The Balaban J connectivity index is 2.59. The largest absolute Gasteiger partial charge is 0.399 e. The lowest BCUT2D eigenvalue weighted by molar-refractivity contribution is 0.129. The summed E-state index contributed by atoms with van der Waals surface area (Å²) in [7, 11) is 1.70. The fourth-order valence-electron chi connectivity index (χ4n) is 1.01. The zero-order chi connectivity index (χ0) is 10.6. The quantitative estimate of drug-likeness (QED) is 0.816. The van der Waals surface area contributed by atoms with Crippen molar-refractivity contribution in [2.45, 2.75) is 13.0 Å². The van der Waals surface area contributed by atoms with Gasteiger partial charge in [-0.15, -0.1) is 0 Å². The van der Waals surface area contributed by atoms with Crippen molar-refractivity contribution in [3.63, 3.8) is 0 Å². The molecule has 0 spiro atoms. The second-order valence-electron chi connectivity index (χ2n) is 3.17. The Bertz CT molecular complexity index is 304. The van der Waals surface area contributed by atoms with Gasteiger partial charge in [0.05, 0.1) is 6.10 Å². The molecule has 0 heterocycles. The summed E-state index contributed by atoms with van der Waals surface area (Å²) in [6.07, 6.45) is 0.194. The van der Waals surface area contributed by atoms with Gasteiger partial charge in [-0.3, -0.25) is 0 Å². The van der Waals surface area contributed by atoms with Gasteiger partial charge in [-0.05, 0) is 41.1 Å². The van der Waals surface area contributed by atoms with Gasteiger partial charge in [0.15, 0.2) is 0 Å². The molecule has 4 heteroatoms. The van der Waals surface area contributed by atoms with Crippen molar-refractivity contribution < 1.29 is 4.74 Å². The highest BCUT2D eigenvalue weighted by molar-refractivity contribution is 9.10. The summed E-state index contributed by atoms with van der Waals surface area (Å²) in [6.45, 7) is 2.79. The molecule has 0 saturated carbocycles. The second kappa shape index (κ2) is 5.22. The summed E-state index contributed by atoms with van der Waals surface area (Å²) in [4.78, 5) is 0. The van der Waals surface area contributed by atoms with Crippen LogP contribution in [0.1, 0.15) is 6.92 Å². The molecule has 1 rings (SSSR count). The summed E-state index contributed by atoms with van der Waals surface area (Å²) >= 11 is 3.44. The Hall–Kier alpha value is -0.740. The predicted octanol–water partition coefficient (Wildman–Crippen LogP) is 2.48. The van der Waals surface area contributed by atoms with E-state index < -0.39 is 0 Å². The van der Waals surface area contributed by atoms with Crippen molar-refractivity contribution in [3.8, 4) is 0 Å². The number of halogens is 1. The van der Waals surface area contributed by atoms with Gasteiger partial charge in [-0.1, -0.05) is 0 Å². The van der Waals surface area contributed by atoms with E-state index in [2.05, 4.69) is 21.2 Å². The predicted molar refractivity (Wildman–Crippen MR) is 63.5 cm³/mol. The Morgan fingerprint density at radius 2 is 2.29 bits per heavy atom. The van der Waals surface area contributed by atoms with E-state index in [4.69, 9.17) is 10.5 Å². The van der Waals surface area contributed by atoms with Crippen molar-refractivity contribution >= 4 is 27.3 Å². The maximum atomic E-state index is 5.63. The van der Waals surface area contributed by atoms with E-state index in [1.165, 1.54) is 0 Å². The molecule has 0 aliphatic carbocycles. The number of rotatable bonds is 4. The number of nitrogen functional groups attached to an aromatic ring is 1. The van der Waals surface area contributed by atoms with Crippen LogP contribution in [0.3, 0.4) is 0 Å². The monoisotopic (exact) mass is 258 g/mol. The molecule has 0 bridgehead atoms. The van der Waals surface area contributed by atoms with Gasteiger partial charge in [0.2, 0.25) is 0 Å². The first kappa shape index (κ1) is 11.3. The van der Waals surface area contributed by atoms with Gasteiger partial charge < -0.3 is 15.8 Å². The van der Waals surface area contributed by atoms with Crippen molar-refractivity contribution in [1.29, 1.82) is 0 Å². The minimum absolute atomic E-state index is 0.194.